The summed E-state index contributed by atoms with van der Waals surface area (Å²) in [5.74, 6) is 0. The van der Waals surface area contributed by atoms with E-state index >= 15 is 0 Å². The average Bonchev–Trinajstić information content (AvgIpc) is 2.67. The molecule has 0 saturated carbocycles. The predicted molar refractivity (Wildman–Crippen MR) is 111 cm³/mol. The third kappa shape index (κ3) is 19.3. The van der Waals surface area contributed by atoms with E-state index in [1.807, 2.05) is 0 Å². The minimum Gasteiger partial charge on any atom is -1.00 e. The maximum Gasteiger partial charge on any atom is 0.500 e. The van der Waals surface area contributed by atoms with E-state index in [0.29, 0.717) is 0 Å². The normalized spacial score (nSPS) is 10.8. The molecule has 0 spiro atoms. The lowest BCUT2D eigenvalue weighted by Gasteiger charge is -2.24. The van der Waals surface area contributed by atoms with Gasteiger partial charge in [-0.2, -0.15) is 0 Å². The first-order chi connectivity index (χ1) is 12.2. The van der Waals surface area contributed by atoms with Gasteiger partial charge in [0.05, 0.1) is 7.05 Å². The van der Waals surface area contributed by atoms with Gasteiger partial charge in [0, 0.05) is 27.4 Å². The van der Waals surface area contributed by atoms with Crippen LogP contribution in [0.1, 0.15) is 96.8 Å². The molecule has 0 aromatic heterocycles. The van der Waals surface area contributed by atoms with Gasteiger partial charge >= 0.3 is 8.80 Å². The molecule has 0 bridgehead atoms. The van der Waals surface area contributed by atoms with E-state index in [-0.39, 0.29) is 17.0 Å². The van der Waals surface area contributed by atoms with Crippen molar-refractivity contribution in [1.29, 1.82) is 0 Å². The van der Waals surface area contributed by atoms with Crippen LogP contribution in [0.3, 0.4) is 0 Å². The summed E-state index contributed by atoms with van der Waals surface area (Å²) < 4.78 is 16.3. The molecule has 0 amide bonds. The van der Waals surface area contributed by atoms with Gasteiger partial charge in [0.15, 0.2) is 0 Å². The summed E-state index contributed by atoms with van der Waals surface area (Å²) in [5, 5.41) is 0. The lowest BCUT2D eigenvalue weighted by Crippen LogP contribution is -3.00. The molecule has 6 heteroatoms. The maximum absolute atomic E-state index is 5.44. The molecule has 0 atom stereocenters. The van der Waals surface area contributed by atoms with Gasteiger partial charge in [-0.15, -0.1) is 0 Å². The molecule has 0 rings (SSSR count). The van der Waals surface area contributed by atoms with E-state index in [9.17, 15) is 0 Å². The van der Waals surface area contributed by atoms with Crippen LogP contribution >= 0.6 is 0 Å². The Morgan fingerprint density at radius 1 is 0.538 bits per heavy atom. The Kier molecular flexibility index (Phi) is 30.7. The number of hydrogen-bond acceptors (Lipinski definition) is 3. The first-order valence-electron chi connectivity index (χ1n) is 10.6. The first kappa shape index (κ1) is 31.2. The van der Waals surface area contributed by atoms with Gasteiger partial charge in [-0.05, 0) is 6.42 Å². The zero-order valence-electron chi connectivity index (χ0n) is 18.4. The molecule has 3 N–H and O–H groups in total. The maximum atomic E-state index is 5.44. The molecular weight excluding hydrogens is 410 g/mol. The Balaban J connectivity index is -0.00000170. The van der Waals surface area contributed by atoms with Crippen LogP contribution in [0.5, 0.6) is 0 Å². The van der Waals surface area contributed by atoms with Crippen LogP contribution < -0.4 is 22.7 Å². The molecule has 0 aliphatic rings. The van der Waals surface area contributed by atoms with Crippen LogP contribution in [0.25, 0.3) is 0 Å². The molecule has 0 saturated heterocycles. The van der Waals surface area contributed by atoms with E-state index < -0.39 is 8.80 Å². The molecule has 0 heterocycles. The number of rotatable bonds is 18. The van der Waals surface area contributed by atoms with Gasteiger partial charge in [0.2, 0.25) is 0 Å². The average molecular weight is 459 g/mol. The largest absolute Gasteiger partial charge is 1.00 e. The Hall–Kier alpha value is 0.537. The molecule has 162 valence electrons. The molecule has 0 aliphatic carbocycles. The summed E-state index contributed by atoms with van der Waals surface area (Å²) in [5.41, 5.74) is 3.25. The third-order valence-electron chi connectivity index (χ3n) is 4.77. The van der Waals surface area contributed by atoms with Gasteiger partial charge in [-0.25, -0.2) is 0 Å². The van der Waals surface area contributed by atoms with Crippen molar-refractivity contribution in [3.05, 3.63) is 0 Å². The molecule has 0 aromatic carbocycles. The molecule has 0 aliphatic heterocycles. The van der Waals surface area contributed by atoms with Crippen LogP contribution in [-0.4, -0.2) is 37.2 Å². The molecular formula is C20H48BrNO3Si. The highest BCUT2D eigenvalue weighted by Crippen LogP contribution is 2.18. The van der Waals surface area contributed by atoms with Gasteiger partial charge in [-0.1, -0.05) is 90.4 Å². The molecule has 0 fully saturated rings. The van der Waals surface area contributed by atoms with Gasteiger partial charge < -0.3 is 36.0 Å². The van der Waals surface area contributed by atoms with Crippen molar-refractivity contribution in [3.63, 3.8) is 0 Å². The van der Waals surface area contributed by atoms with E-state index in [4.69, 9.17) is 13.3 Å². The molecule has 0 unspecified atom stereocenters. The standard InChI is InChI=1S/C19H42O3Si.CH5N.BrH/c1-5-6-7-8-9-10-11-12-13-14-15-16-17-18-19-23(20-2,21-3)22-4;1-2;/h5-19H2,1-4H3;2H2,1H3;1H. The molecule has 4 nitrogen and oxygen atoms in total. The Morgan fingerprint density at radius 2 is 0.808 bits per heavy atom. The summed E-state index contributed by atoms with van der Waals surface area (Å²) in [4.78, 5) is 0. The molecule has 26 heavy (non-hydrogen) atoms. The Labute approximate surface area is 176 Å². The van der Waals surface area contributed by atoms with E-state index in [0.717, 1.165) is 12.5 Å². The number of halogens is 1. The minimum atomic E-state index is -2.32. The van der Waals surface area contributed by atoms with Crippen LogP contribution in [0.4, 0.5) is 0 Å². The fourth-order valence-corrected chi connectivity index (χ4v) is 4.89. The van der Waals surface area contributed by atoms with Gasteiger partial charge in [0.1, 0.15) is 0 Å². The fraction of sp³-hybridized carbons (Fsp3) is 1.00. The Morgan fingerprint density at radius 3 is 1.08 bits per heavy atom. The molecule has 0 aromatic rings. The second-order valence-electron chi connectivity index (χ2n) is 6.64. The zero-order valence-corrected chi connectivity index (χ0v) is 21.0. The number of quaternary nitrogens is 1. The van der Waals surface area contributed by atoms with Crippen LogP contribution in [0.2, 0.25) is 6.04 Å². The van der Waals surface area contributed by atoms with Gasteiger partial charge in [0.25, 0.3) is 0 Å². The van der Waals surface area contributed by atoms with Crippen molar-refractivity contribution in [2.75, 3.05) is 28.4 Å². The highest BCUT2D eigenvalue weighted by Gasteiger charge is 2.36. The van der Waals surface area contributed by atoms with E-state index in [2.05, 4.69) is 12.7 Å². The summed E-state index contributed by atoms with van der Waals surface area (Å²) in [7, 11) is 4.52. The fourth-order valence-electron chi connectivity index (χ4n) is 3.09. The van der Waals surface area contributed by atoms with Crippen molar-refractivity contribution in [2.24, 2.45) is 0 Å². The van der Waals surface area contributed by atoms with Crippen LogP contribution in [0, 0.1) is 0 Å². The van der Waals surface area contributed by atoms with Crippen LogP contribution in [0.15, 0.2) is 0 Å². The highest BCUT2D eigenvalue weighted by atomic mass is 79.9. The molecule has 0 radical (unpaired) electrons. The summed E-state index contributed by atoms with van der Waals surface area (Å²) >= 11 is 0. The first-order valence-corrected chi connectivity index (χ1v) is 12.5. The van der Waals surface area contributed by atoms with E-state index in [1.165, 1.54) is 83.5 Å². The van der Waals surface area contributed by atoms with Crippen molar-refractivity contribution in [3.8, 4) is 0 Å². The number of unbranched alkanes of at least 4 members (excludes halogenated alkanes) is 13. The summed E-state index contributed by atoms with van der Waals surface area (Å²) in [6.45, 7) is 2.28. The van der Waals surface area contributed by atoms with E-state index in [1.54, 1.807) is 28.4 Å². The highest BCUT2D eigenvalue weighted by molar-refractivity contribution is 6.60. The second kappa shape index (κ2) is 25.5. The zero-order chi connectivity index (χ0) is 19.2. The Bertz CT molecular complexity index is 237. The monoisotopic (exact) mass is 457 g/mol. The summed E-state index contributed by atoms with van der Waals surface area (Å²) in [6.07, 6.45) is 19.4. The van der Waals surface area contributed by atoms with Crippen LogP contribution in [-0.2, 0) is 13.3 Å². The van der Waals surface area contributed by atoms with Crippen molar-refractivity contribution in [2.45, 2.75) is 103 Å². The predicted octanol–water partition coefficient (Wildman–Crippen LogP) is 2.21. The summed E-state index contributed by atoms with van der Waals surface area (Å²) in [6, 6.07) is 0.939. The van der Waals surface area contributed by atoms with Crippen molar-refractivity contribution >= 4 is 8.80 Å². The smallest absolute Gasteiger partial charge is 0.500 e. The topological polar surface area (TPSA) is 55.3 Å². The third-order valence-corrected chi connectivity index (χ3v) is 7.60. The minimum absolute atomic E-state index is 0. The second-order valence-corrected chi connectivity index (χ2v) is 9.73. The van der Waals surface area contributed by atoms with Gasteiger partial charge in [-0.3, -0.25) is 0 Å². The van der Waals surface area contributed by atoms with Crippen molar-refractivity contribution in [1.82, 2.24) is 0 Å². The van der Waals surface area contributed by atoms with Crippen molar-refractivity contribution < 1.29 is 36.0 Å². The number of hydrogen-bond donors (Lipinski definition) is 1. The lowest BCUT2D eigenvalue weighted by molar-refractivity contribution is -0.325. The SMILES string of the molecule is CCCCCCCCCCCCCCCC[Si](OC)(OC)OC.C[NH3+].[Br-]. The lowest BCUT2D eigenvalue weighted by atomic mass is 10.0. The quantitative estimate of drug-likeness (QED) is 0.253.